The molecule has 2 N–H and O–H groups in total. The number of aliphatic carboxylic acids is 1. The van der Waals surface area contributed by atoms with Crippen LogP contribution in [0, 0.1) is 5.41 Å². The van der Waals surface area contributed by atoms with Gasteiger partial charge in [-0.2, -0.15) is 0 Å². The van der Waals surface area contributed by atoms with Gasteiger partial charge in [-0.15, -0.1) is 11.3 Å². The van der Waals surface area contributed by atoms with E-state index in [2.05, 4.69) is 31.4 Å². The first kappa shape index (κ1) is 27.8. The van der Waals surface area contributed by atoms with Gasteiger partial charge in [0.25, 0.3) is 0 Å². The molecule has 0 atom stereocenters. The number of amides is 1. The maximum absolute atomic E-state index is 13.3. The third-order valence-corrected chi connectivity index (χ3v) is 7.68. The van der Waals surface area contributed by atoms with Gasteiger partial charge in [-0.25, -0.2) is 4.98 Å². The van der Waals surface area contributed by atoms with Crippen LogP contribution in [-0.4, -0.2) is 81.1 Å². The Morgan fingerprint density at radius 3 is 2.42 bits per heavy atom. The highest BCUT2D eigenvalue weighted by molar-refractivity contribution is 7.18. The average molecular weight is 543 g/mol. The molecule has 0 radical (unpaired) electrons. The first-order valence-corrected chi connectivity index (χ1v) is 13.5. The Kier molecular flexibility index (Phi) is 8.54. The highest BCUT2D eigenvalue weighted by Crippen LogP contribution is 2.40. The molecule has 38 heavy (non-hydrogen) atoms. The van der Waals surface area contributed by atoms with E-state index in [9.17, 15) is 14.7 Å². The van der Waals surface area contributed by atoms with Crippen molar-refractivity contribution in [3.05, 3.63) is 52.5 Å². The van der Waals surface area contributed by atoms with Crippen molar-refractivity contribution >= 4 is 33.4 Å². The van der Waals surface area contributed by atoms with E-state index in [1.54, 1.807) is 7.11 Å². The fraction of sp³-hybridized carbons (Fsp3) is 0.464. The number of carboxylic acids is 1. The van der Waals surface area contributed by atoms with E-state index in [1.807, 2.05) is 36.4 Å². The molecule has 1 amide bonds. The molecule has 204 valence electrons. The third-order valence-electron chi connectivity index (χ3n) is 6.66. The smallest absolute Gasteiger partial charge is 0.304 e. The van der Waals surface area contributed by atoms with Crippen LogP contribution in [0.1, 0.15) is 22.6 Å². The molecule has 0 aliphatic heterocycles. The second kappa shape index (κ2) is 11.7. The number of thiazole rings is 1. The zero-order chi connectivity index (χ0) is 27.3. The topological polar surface area (TPSA) is 107 Å². The second-order valence-corrected chi connectivity index (χ2v) is 11.8. The maximum Gasteiger partial charge on any atom is 0.304 e. The van der Waals surface area contributed by atoms with Gasteiger partial charge in [0.05, 0.1) is 70.1 Å². The number of carboxylic acid groups (broad SMARTS) is 1. The molecular formula is C28H36N3O6S+. The molecule has 9 nitrogen and oxygen atoms in total. The number of likely N-dealkylation sites (N-methyl/N-ethyl adjacent to an activating group) is 1. The SMILES string of the molecule is COc1cc2sc(CNC(=O)C3(CC(=O)O)Cc4ccccc4C3)nc2cc1OCCOCC[N+](C)(C)C. The summed E-state index contributed by atoms with van der Waals surface area (Å²) in [6, 6.07) is 11.5. The molecule has 0 saturated carbocycles. The van der Waals surface area contributed by atoms with Gasteiger partial charge in [0.1, 0.15) is 18.2 Å². The van der Waals surface area contributed by atoms with Crippen molar-refractivity contribution in [3.8, 4) is 11.5 Å². The summed E-state index contributed by atoms with van der Waals surface area (Å²) in [5.74, 6) is -0.0546. The summed E-state index contributed by atoms with van der Waals surface area (Å²) in [7, 11) is 7.95. The van der Waals surface area contributed by atoms with Gasteiger partial charge in [-0.05, 0) is 24.0 Å². The Hall–Kier alpha value is -3.21. The minimum atomic E-state index is -0.996. The largest absolute Gasteiger partial charge is 0.493 e. The zero-order valence-corrected chi connectivity index (χ0v) is 23.2. The molecular weight excluding hydrogens is 506 g/mol. The maximum atomic E-state index is 13.3. The summed E-state index contributed by atoms with van der Waals surface area (Å²) in [5.41, 5.74) is 1.81. The Balaban J connectivity index is 1.39. The molecule has 0 saturated heterocycles. The Labute approximate surface area is 226 Å². The third kappa shape index (κ3) is 6.80. The lowest BCUT2D eigenvalue weighted by Crippen LogP contribution is -2.43. The molecule has 4 rings (SSSR count). The minimum Gasteiger partial charge on any atom is -0.493 e. The number of nitrogens with zero attached hydrogens (tertiary/aromatic N) is 2. The number of nitrogens with one attached hydrogen (secondary N) is 1. The summed E-state index contributed by atoms with van der Waals surface area (Å²) in [6.07, 6.45) is 0.612. The normalized spacial score (nSPS) is 14.3. The van der Waals surface area contributed by atoms with Crippen LogP contribution in [0.3, 0.4) is 0 Å². The Morgan fingerprint density at radius 2 is 1.79 bits per heavy atom. The number of carbonyl (C=O) groups is 2. The molecule has 1 aliphatic carbocycles. The minimum absolute atomic E-state index is 0.217. The van der Waals surface area contributed by atoms with Crippen LogP contribution < -0.4 is 14.8 Å². The van der Waals surface area contributed by atoms with Crippen LogP contribution in [0.2, 0.25) is 0 Å². The molecule has 0 bridgehead atoms. The summed E-state index contributed by atoms with van der Waals surface area (Å²) in [4.78, 5) is 29.6. The van der Waals surface area contributed by atoms with E-state index in [-0.39, 0.29) is 18.9 Å². The molecule has 1 aliphatic rings. The van der Waals surface area contributed by atoms with E-state index in [0.29, 0.717) is 44.2 Å². The predicted molar refractivity (Wildman–Crippen MR) is 146 cm³/mol. The molecule has 0 spiro atoms. The van der Waals surface area contributed by atoms with Gasteiger partial charge in [-0.3, -0.25) is 9.59 Å². The average Bonchev–Trinajstić information content (AvgIpc) is 3.43. The molecule has 3 aromatic rings. The number of hydrogen-bond donors (Lipinski definition) is 2. The lowest BCUT2D eigenvalue weighted by molar-refractivity contribution is -0.870. The summed E-state index contributed by atoms with van der Waals surface area (Å²) >= 11 is 1.45. The quantitative estimate of drug-likeness (QED) is 0.252. The first-order valence-electron chi connectivity index (χ1n) is 12.6. The van der Waals surface area contributed by atoms with Crippen LogP contribution in [0.25, 0.3) is 10.2 Å². The van der Waals surface area contributed by atoms with Crippen LogP contribution in [0.15, 0.2) is 36.4 Å². The van der Waals surface area contributed by atoms with Crippen LogP contribution in [0.5, 0.6) is 11.5 Å². The number of methoxy groups -OCH3 is 1. The molecule has 1 aromatic heterocycles. The van der Waals surface area contributed by atoms with E-state index in [4.69, 9.17) is 14.2 Å². The number of hydrogen-bond acceptors (Lipinski definition) is 7. The summed E-state index contributed by atoms with van der Waals surface area (Å²) in [5, 5.41) is 13.2. The van der Waals surface area contributed by atoms with Crippen LogP contribution in [-0.2, 0) is 33.7 Å². The van der Waals surface area contributed by atoms with Crippen molar-refractivity contribution in [2.75, 3.05) is 54.6 Å². The summed E-state index contributed by atoms with van der Waals surface area (Å²) < 4.78 is 18.8. The second-order valence-electron chi connectivity index (χ2n) is 10.7. The molecule has 10 heteroatoms. The number of carbonyl (C=O) groups excluding carboxylic acids is 1. The van der Waals surface area contributed by atoms with Gasteiger partial charge in [-0.1, -0.05) is 24.3 Å². The Morgan fingerprint density at radius 1 is 1.08 bits per heavy atom. The Bertz CT molecular complexity index is 1270. The van der Waals surface area contributed by atoms with Gasteiger partial charge in [0, 0.05) is 12.1 Å². The number of benzene rings is 2. The first-order chi connectivity index (χ1) is 18.1. The number of fused-ring (bicyclic) bond motifs is 2. The van der Waals surface area contributed by atoms with Crippen LogP contribution >= 0.6 is 11.3 Å². The highest BCUT2D eigenvalue weighted by Gasteiger charge is 2.45. The highest BCUT2D eigenvalue weighted by atomic mass is 32.1. The molecule has 1 heterocycles. The van der Waals surface area contributed by atoms with E-state index < -0.39 is 11.4 Å². The van der Waals surface area contributed by atoms with E-state index in [0.717, 1.165) is 37.4 Å². The van der Waals surface area contributed by atoms with Gasteiger partial charge in [0.2, 0.25) is 5.91 Å². The fourth-order valence-electron chi connectivity index (χ4n) is 4.68. The number of aromatic nitrogens is 1. The van der Waals surface area contributed by atoms with E-state index in [1.165, 1.54) is 11.3 Å². The molecule has 2 aromatic carbocycles. The van der Waals surface area contributed by atoms with Crippen molar-refractivity contribution in [2.24, 2.45) is 5.41 Å². The lowest BCUT2D eigenvalue weighted by atomic mass is 9.80. The fourth-order valence-corrected chi connectivity index (χ4v) is 5.59. The molecule has 0 unspecified atom stereocenters. The number of rotatable bonds is 13. The van der Waals surface area contributed by atoms with Crippen molar-refractivity contribution in [1.82, 2.24) is 10.3 Å². The zero-order valence-electron chi connectivity index (χ0n) is 22.4. The van der Waals surface area contributed by atoms with Crippen molar-refractivity contribution in [1.29, 1.82) is 0 Å². The predicted octanol–water partition coefficient (Wildman–Crippen LogP) is 3.28. The lowest BCUT2D eigenvalue weighted by Gasteiger charge is -2.25. The van der Waals surface area contributed by atoms with Crippen LogP contribution in [0.4, 0.5) is 0 Å². The number of quaternary nitrogens is 1. The van der Waals surface area contributed by atoms with Crippen molar-refractivity contribution in [3.63, 3.8) is 0 Å². The number of ether oxygens (including phenoxy) is 3. The molecule has 0 fully saturated rings. The standard InChI is InChI=1S/C28H35N3O6S/c1-31(2,3)9-10-36-11-12-37-23-13-21-24(14-22(23)35-4)38-25(30-21)18-29-27(34)28(17-26(32)33)15-19-7-5-6-8-20(19)16-28/h5-8,13-14H,9-12,15-18H2,1-4H3,(H-,29,32,33,34)/p+1. The van der Waals surface area contributed by atoms with Gasteiger partial charge < -0.3 is 29.1 Å². The van der Waals surface area contributed by atoms with Gasteiger partial charge >= 0.3 is 5.97 Å². The van der Waals surface area contributed by atoms with Crippen molar-refractivity contribution in [2.45, 2.75) is 25.8 Å². The monoisotopic (exact) mass is 542 g/mol. The van der Waals surface area contributed by atoms with Crippen molar-refractivity contribution < 1.29 is 33.4 Å². The van der Waals surface area contributed by atoms with E-state index >= 15 is 0 Å². The van der Waals surface area contributed by atoms with Gasteiger partial charge in [0.15, 0.2) is 11.5 Å². The summed E-state index contributed by atoms with van der Waals surface area (Å²) in [6.45, 7) is 2.65.